The van der Waals surface area contributed by atoms with Gasteiger partial charge in [-0.1, -0.05) is 0 Å². The van der Waals surface area contributed by atoms with Crippen LogP contribution in [0.25, 0.3) is 21.8 Å². The van der Waals surface area contributed by atoms with Gasteiger partial charge in [-0.15, -0.1) is 0 Å². The molecule has 3 heteroatoms. The Morgan fingerprint density at radius 1 is 0.688 bits per heavy atom. The van der Waals surface area contributed by atoms with E-state index in [4.69, 9.17) is 4.98 Å². The van der Waals surface area contributed by atoms with Gasteiger partial charge in [0.15, 0.2) is 0 Å². The van der Waals surface area contributed by atoms with Crippen molar-refractivity contribution in [3.63, 3.8) is 0 Å². The molecular weight excluding hydrogens is 320 g/mol. The van der Waals surface area contributed by atoms with Crippen LogP contribution in [-0.4, -0.2) is 38.7 Å². The van der Waals surface area contributed by atoms with Gasteiger partial charge in [-0.3, -0.25) is 0 Å². The number of hydrogen-bond donors (Lipinski definition) is 0. The molecule has 0 radical (unpaired) electrons. The first-order chi connectivity index (χ1) is 7.72. The van der Waals surface area contributed by atoms with Gasteiger partial charge in [0.1, 0.15) is 0 Å². The van der Waals surface area contributed by atoms with Crippen LogP contribution in [0.5, 0.6) is 0 Å². The summed E-state index contributed by atoms with van der Waals surface area (Å²) in [4.78, 5) is 4.72. The first-order valence-electron chi connectivity index (χ1n) is 5.08. The first kappa shape index (κ1) is 10.4. The number of aromatic nitrogens is 1. The molecular formula is C13H11As2N. The van der Waals surface area contributed by atoms with E-state index in [0.717, 1.165) is 11.0 Å². The summed E-state index contributed by atoms with van der Waals surface area (Å²) in [6.45, 7) is 0. The Morgan fingerprint density at radius 2 is 1.19 bits per heavy atom. The fourth-order valence-corrected chi connectivity index (χ4v) is 2.92. The molecule has 2 aromatic carbocycles. The Hall–Kier alpha value is -0.773. The van der Waals surface area contributed by atoms with E-state index in [9.17, 15) is 0 Å². The van der Waals surface area contributed by atoms with E-state index in [1.165, 1.54) is 19.5 Å². The van der Waals surface area contributed by atoms with Gasteiger partial charge in [-0.05, 0) is 0 Å². The number of benzene rings is 2. The second kappa shape index (κ2) is 3.91. The van der Waals surface area contributed by atoms with E-state index in [-0.39, 0.29) is 0 Å². The van der Waals surface area contributed by atoms with Crippen molar-refractivity contribution in [3.05, 3.63) is 42.5 Å². The molecule has 1 aromatic heterocycles. The zero-order valence-corrected chi connectivity index (χ0v) is 13.5. The van der Waals surface area contributed by atoms with Crippen LogP contribution in [0.1, 0.15) is 0 Å². The number of pyridine rings is 1. The fourth-order valence-electron chi connectivity index (χ4n) is 1.86. The molecule has 3 aromatic rings. The minimum atomic E-state index is 1.10. The van der Waals surface area contributed by atoms with Crippen molar-refractivity contribution >= 4 is 64.2 Å². The second-order valence-corrected chi connectivity index (χ2v) is 6.69. The van der Waals surface area contributed by atoms with Crippen LogP contribution in [-0.2, 0) is 0 Å². The molecule has 1 nitrogen and oxygen atoms in total. The summed E-state index contributed by atoms with van der Waals surface area (Å²) in [6.07, 6.45) is 0. The van der Waals surface area contributed by atoms with Crippen molar-refractivity contribution in [3.8, 4) is 0 Å². The van der Waals surface area contributed by atoms with E-state index >= 15 is 0 Å². The van der Waals surface area contributed by atoms with Gasteiger partial charge in [-0.25, -0.2) is 0 Å². The van der Waals surface area contributed by atoms with Gasteiger partial charge in [0.05, 0.1) is 0 Å². The summed E-state index contributed by atoms with van der Waals surface area (Å²) in [5, 5.41) is 2.45. The fraction of sp³-hybridized carbons (Fsp3) is 0. The van der Waals surface area contributed by atoms with Crippen LogP contribution in [0.3, 0.4) is 0 Å². The van der Waals surface area contributed by atoms with E-state index in [0.29, 0.717) is 0 Å². The van der Waals surface area contributed by atoms with Crippen molar-refractivity contribution in [2.45, 2.75) is 0 Å². The Labute approximate surface area is 111 Å². The molecule has 0 aliphatic heterocycles. The van der Waals surface area contributed by atoms with Gasteiger partial charge in [0.25, 0.3) is 0 Å². The van der Waals surface area contributed by atoms with E-state index in [1.54, 1.807) is 33.7 Å². The van der Waals surface area contributed by atoms with E-state index in [1.807, 2.05) is 0 Å². The Morgan fingerprint density at radius 3 is 1.69 bits per heavy atom. The van der Waals surface area contributed by atoms with Crippen molar-refractivity contribution in [2.24, 2.45) is 0 Å². The van der Waals surface area contributed by atoms with Crippen molar-refractivity contribution in [2.75, 3.05) is 0 Å². The monoisotopic (exact) mass is 331 g/mol. The van der Waals surface area contributed by atoms with E-state index in [2.05, 4.69) is 42.5 Å². The maximum absolute atomic E-state index is 4.72. The molecule has 0 saturated heterocycles. The van der Waals surface area contributed by atoms with Gasteiger partial charge in [0, 0.05) is 0 Å². The quantitative estimate of drug-likeness (QED) is 0.414. The number of rotatable bonds is 0. The van der Waals surface area contributed by atoms with Crippen LogP contribution in [0, 0.1) is 0 Å². The van der Waals surface area contributed by atoms with Crippen molar-refractivity contribution in [1.29, 1.82) is 0 Å². The molecule has 1 heterocycles. The molecule has 2 unspecified atom stereocenters. The van der Waals surface area contributed by atoms with Crippen LogP contribution >= 0.6 is 0 Å². The van der Waals surface area contributed by atoms with Crippen LogP contribution < -0.4 is 8.70 Å². The average molecular weight is 331 g/mol. The predicted molar refractivity (Wildman–Crippen MR) is 75.6 cm³/mol. The van der Waals surface area contributed by atoms with E-state index < -0.39 is 0 Å². The molecule has 0 bridgehead atoms. The van der Waals surface area contributed by atoms with Gasteiger partial charge < -0.3 is 0 Å². The summed E-state index contributed by atoms with van der Waals surface area (Å²) in [5.41, 5.74) is 2.21. The number of fused-ring (bicyclic) bond motifs is 2. The van der Waals surface area contributed by atoms with Gasteiger partial charge in [-0.2, -0.15) is 0 Å². The SMILES string of the molecule is [AsH2]c1ccc2cc3ccc([AsH2])cc3nc2c1. The molecule has 0 fully saturated rings. The Kier molecular flexibility index (Phi) is 2.54. The average Bonchev–Trinajstić information content (AvgIpc) is 2.26. The molecule has 0 spiro atoms. The Bertz CT molecular complexity index is 635. The topological polar surface area (TPSA) is 12.9 Å². The molecule has 0 aliphatic carbocycles. The second-order valence-electron chi connectivity index (χ2n) is 3.89. The molecule has 16 heavy (non-hydrogen) atoms. The van der Waals surface area contributed by atoms with Gasteiger partial charge >= 0.3 is 112 Å². The zero-order valence-electron chi connectivity index (χ0n) is 8.64. The summed E-state index contributed by atoms with van der Waals surface area (Å²) in [7, 11) is 0. The molecule has 78 valence electrons. The normalized spacial score (nSPS) is 11.1. The molecule has 0 amide bonds. The summed E-state index contributed by atoms with van der Waals surface area (Å²) < 4.78 is 2.65. The molecule has 0 aliphatic rings. The van der Waals surface area contributed by atoms with Crippen molar-refractivity contribution in [1.82, 2.24) is 4.98 Å². The first-order valence-corrected chi connectivity index (χ1v) is 7.50. The molecule has 3 rings (SSSR count). The van der Waals surface area contributed by atoms with Crippen LogP contribution in [0.4, 0.5) is 0 Å². The minimum absolute atomic E-state index is 1.10. The van der Waals surface area contributed by atoms with Crippen LogP contribution in [0.15, 0.2) is 42.5 Å². The maximum atomic E-state index is 4.72. The zero-order chi connectivity index (χ0) is 11.1. The summed E-state index contributed by atoms with van der Waals surface area (Å²) >= 11 is 3.29. The Balaban J connectivity index is 2.44. The standard InChI is InChI=1S/C13H11As2N/c14-10-3-1-8-5-9-2-4-11(15)7-13(9)16-12(8)6-10/h1-7H,14-15H2. The molecule has 0 saturated carbocycles. The summed E-state index contributed by atoms with van der Waals surface area (Å²) in [6, 6.07) is 15.2. The number of nitrogens with zero attached hydrogens (tertiary/aromatic N) is 1. The van der Waals surface area contributed by atoms with Crippen LogP contribution in [0.2, 0.25) is 0 Å². The summed E-state index contributed by atoms with van der Waals surface area (Å²) in [5.74, 6) is 0. The molecule has 0 N–H and O–H groups in total. The third-order valence-corrected chi connectivity index (χ3v) is 4.17. The van der Waals surface area contributed by atoms with Crippen molar-refractivity contribution < 1.29 is 0 Å². The molecule has 2 atom stereocenters. The third kappa shape index (κ3) is 1.79. The number of hydrogen-bond acceptors (Lipinski definition) is 1. The third-order valence-electron chi connectivity index (χ3n) is 2.66. The predicted octanol–water partition coefficient (Wildman–Crippen LogP) is -0.0952. The van der Waals surface area contributed by atoms with Gasteiger partial charge in [0.2, 0.25) is 0 Å².